The Kier molecular flexibility index (Phi) is 8.88. The Morgan fingerprint density at radius 3 is 1.48 bits per heavy atom. The molecule has 0 saturated carbocycles. The van der Waals surface area contributed by atoms with Gasteiger partial charge in [-0.1, -0.05) is 120 Å². The Morgan fingerprint density at radius 2 is 0.879 bits per heavy atom. The van der Waals surface area contributed by atoms with Gasteiger partial charge in [0.25, 0.3) is 0 Å². The SMILES string of the molecule is CC(C)(C)c1ccnc(-n2c3ccccc3c3ccc(Oc4ccc5c6cc(-c7cccc8c9ccccc9n(-c9ccccc9)c78)ccc6n(-c6cc(C(C)(C)C)ccn6)c5c4)cc32)c1. The zero-order valence-electron chi connectivity index (χ0n) is 38.0. The number of ether oxygens (including phenoxy) is 1. The first-order valence-electron chi connectivity index (χ1n) is 22.8. The van der Waals surface area contributed by atoms with Gasteiger partial charge >= 0.3 is 0 Å². The lowest BCUT2D eigenvalue weighted by molar-refractivity contribution is 0.484. The first-order valence-corrected chi connectivity index (χ1v) is 22.8. The van der Waals surface area contributed by atoms with Gasteiger partial charge in [0, 0.05) is 68.1 Å². The summed E-state index contributed by atoms with van der Waals surface area (Å²) in [5.74, 6) is 3.25. The summed E-state index contributed by atoms with van der Waals surface area (Å²) < 4.78 is 13.9. The van der Waals surface area contributed by atoms with Gasteiger partial charge in [0.05, 0.1) is 33.1 Å². The van der Waals surface area contributed by atoms with E-state index < -0.39 is 0 Å². The average Bonchev–Trinajstić information content (AvgIpc) is 3.96. The van der Waals surface area contributed by atoms with Gasteiger partial charge in [0.1, 0.15) is 23.1 Å². The van der Waals surface area contributed by atoms with Crippen molar-refractivity contribution in [2.75, 3.05) is 0 Å². The lowest BCUT2D eigenvalue weighted by atomic mass is 9.88. The third kappa shape index (κ3) is 6.39. The molecule has 0 unspecified atom stereocenters. The van der Waals surface area contributed by atoms with Crippen molar-refractivity contribution in [2.45, 2.75) is 52.4 Å². The Bertz CT molecular complexity index is 3870. The third-order valence-corrected chi connectivity index (χ3v) is 13.3. The number of para-hydroxylation sites is 4. The van der Waals surface area contributed by atoms with Crippen LogP contribution >= 0.6 is 0 Å². The van der Waals surface area contributed by atoms with Crippen LogP contribution in [-0.2, 0) is 10.8 Å². The summed E-state index contributed by atoms with van der Waals surface area (Å²) >= 11 is 0. The molecule has 12 aromatic rings. The predicted octanol–water partition coefficient (Wildman–Crippen LogP) is 15.8. The van der Waals surface area contributed by atoms with Crippen molar-refractivity contribution in [3.05, 3.63) is 199 Å². The number of pyridine rings is 2. The standard InChI is InChI=1S/C60H49N5O/c1-59(2,3)39-29-31-61-56(34-39)64-52-22-13-10-17-45(52)47-26-24-42(36-54(47)64)66-43-25-27-48-50-33-38(23-28-53(50)65(55(48)37-43)57-35-40(30-32-62-57)60(4,5)6)44-19-14-20-49-46-18-11-12-21-51(46)63(58(44)49)41-15-8-7-9-16-41/h7-37H,1-6H3. The van der Waals surface area contributed by atoms with Crippen LogP contribution in [0.1, 0.15) is 52.7 Å². The molecule has 0 spiro atoms. The lowest BCUT2D eigenvalue weighted by Crippen LogP contribution is -2.12. The molecule has 0 aliphatic carbocycles. The Labute approximate surface area is 384 Å². The quantitative estimate of drug-likeness (QED) is 0.167. The number of rotatable bonds is 6. The highest BCUT2D eigenvalue weighted by Gasteiger charge is 2.22. The monoisotopic (exact) mass is 855 g/mol. The minimum Gasteiger partial charge on any atom is -0.457 e. The second kappa shape index (κ2) is 14.8. The largest absolute Gasteiger partial charge is 0.457 e. The molecule has 0 N–H and O–H groups in total. The molecule has 7 aromatic carbocycles. The van der Waals surface area contributed by atoms with Crippen LogP contribution in [0.25, 0.3) is 93.9 Å². The predicted molar refractivity (Wildman–Crippen MR) is 274 cm³/mol. The summed E-state index contributed by atoms with van der Waals surface area (Å²) in [6, 6.07) is 63.1. The molecule has 6 heteroatoms. The zero-order valence-corrected chi connectivity index (χ0v) is 38.0. The minimum atomic E-state index is -0.0571. The Balaban J connectivity index is 1.04. The van der Waals surface area contributed by atoms with Crippen molar-refractivity contribution in [3.8, 4) is 39.9 Å². The summed E-state index contributed by atoms with van der Waals surface area (Å²) in [4.78, 5) is 9.93. The van der Waals surface area contributed by atoms with Gasteiger partial charge < -0.3 is 9.30 Å². The second-order valence-corrected chi connectivity index (χ2v) is 19.6. The van der Waals surface area contributed by atoms with Crippen LogP contribution in [0.2, 0.25) is 0 Å². The first-order chi connectivity index (χ1) is 32.0. The van der Waals surface area contributed by atoms with Crippen molar-refractivity contribution in [1.82, 2.24) is 23.7 Å². The van der Waals surface area contributed by atoms with Crippen LogP contribution in [0.15, 0.2) is 188 Å². The number of aromatic nitrogens is 5. The van der Waals surface area contributed by atoms with E-state index in [1.165, 1.54) is 43.9 Å². The van der Waals surface area contributed by atoms with Crippen LogP contribution in [-0.4, -0.2) is 23.7 Å². The molecule has 0 atom stereocenters. The fraction of sp³-hybridized carbons (Fsp3) is 0.133. The smallest absolute Gasteiger partial charge is 0.137 e. The van der Waals surface area contributed by atoms with Crippen molar-refractivity contribution >= 4 is 65.4 Å². The summed E-state index contributed by atoms with van der Waals surface area (Å²) in [6.45, 7) is 13.5. The maximum absolute atomic E-state index is 6.88. The van der Waals surface area contributed by atoms with Gasteiger partial charge in [-0.25, -0.2) is 9.97 Å². The molecular formula is C60H49N5O. The highest BCUT2D eigenvalue weighted by Crippen LogP contribution is 2.43. The van der Waals surface area contributed by atoms with Gasteiger partial charge in [-0.05, 0) is 112 Å². The average molecular weight is 856 g/mol. The van der Waals surface area contributed by atoms with Gasteiger partial charge in [-0.2, -0.15) is 0 Å². The van der Waals surface area contributed by atoms with E-state index in [0.29, 0.717) is 0 Å². The van der Waals surface area contributed by atoms with E-state index in [1.54, 1.807) is 0 Å². The Morgan fingerprint density at radius 1 is 0.379 bits per heavy atom. The van der Waals surface area contributed by atoms with Crippen LogP contribution in [0.3, 0.4) is 0 Å². The highest BCUT2D eigenvalue weighted by atomic mass is 16.5. The van der Waals surface area contributed by atoms with Crippen molar-refractivity contribution < 1.29 is 4.74 Å². The molecule has 0 amide bonds. The second-order valence-electron chi connectivity index (χ2n) is 19.6. The van der Waals surface area contributed by atoms with Crippen molar-refractivity contribution in [1.29, 1.82) is 0 Å². The van der Waals surface area contributed by atoms with E-state index in [0.717, 1.165) is 72.6 Å². The van der Waals surface area contributed by atoms with Crippen molar-refractivity contribution in [2.24, 2.45) is 0 Å². The van der Waals surface area contributed by atoms with Gasteiger partial charge in [0.15, 0.2) is 0 Å². The molecule has 0 radical (unpaired) electrons. The summed E-state index contributed by atoms with van der Waals surface area (Å²) in [5.41, 5.74) is 12.5. The molecule has 5 heterocycles. The number of nitrogens with zero attached hydrogens (tertiary/aromatic N) is 5. The first kappa shape index (κ1) is 39.6. The van der Waals surface area contributed by atoms with Gasteiger partial charge in [0.2, 0.25) is 0 Å². The zero-order chi connectivity index (χ0) is 44.9. The van der Waals surface area contributed by atoms with E-state index in [9.17, 15) is 0 Å². The van der Waals surface area contributed by atoms with Gasteiger partial charge in [-0.3, -0.25) is 9.13 Å². The molecule has 0 aliphatic heterocycles. The highest BCUT2D eigenvalue weighted by molar-refractivity contribution is 6.16. The maximum atomic E-state index is 6.88. The number of hydrogen-bond donors (Lipinski definition) is 0. The van der Waals surface area contributed by atoms with E-state index in [2.05, 4.69) is 231 Å². The summed E-state index contributed by atoms with van der Waals surface area (Å²) in [6.07, 6.45) is 3.86. The number of fused-ring (bicyclic) bond motifs is 9. The number of benzene rings is 7. The van der Waals surface area contributed by atoms with Crippen LogP contribution in [0.5, 0.6) is 11.5 Å². The fourth-order valence-electron chi connectivity index (χ4n) is 9.99. The molecule has 5 aromatic heterocycles. The van der Waals surface area contributed by atoms with Crippen LogP contribution < -0.4 is 4.74 Å². The van der Waals surface area contributed by atoms with E-state index in [-0.39, 0.29) is 10.8 Å². The Hall–Kier alpha value is -7.96. The molecule has 66 heavy (non-hydrogen) atoms. The van der Waals surface area contributed by atoms with Crippen molar-refractivity contribution in [3.63, 3.8) is 0 Å². The van der Waals surface area contributed by atoms with Gasteiger partial charge in [-0.15, -0.1) is 0 Å². The lowest BCUT2D eigenvalue weighted by Gasteiger charge is -2.20. The molecule has 6 nitrogen and oxygen atoms in total. The molecular weight excluding hydrogens is 807 g/mol. The molecule has 0 fully saturated rings. The summed E-state index contributed by atoms with van der Waals surface area (Å²) in [7, 11) is 0. The topological polar surface area (TPSA) is 49.8 Å². The third-order valence-electron chi connectivity index (χ3n) is 13.3. The molecule has 0 saturated heterocycles. The van der Waals surface area contributed by atoms with E-state index in [1.807, 2.05) is 12.4 Å². The van der Waals surface area contributed by atoms with E-state index >= 15 is 0 Å². The molecule has 12 rings (SSSR count). The normalized spacial score (nSPS) is 12.4. The molecule has 0 aliphatic rings. The molecule has 320 valence electrons. The van der Waals surface area contributed by atoms with Crippen LogP contribution in [0, 0.1) is 0 Å². The van der Waals surface area contributed by atoms with E-state index in [4.69, 9.17) is 14.7 Å². The number of hydrogen-bond acceptors (Lipinski definition) is 3. The molecule has 0 bridgehead atoms. The van der Waals surface area contributed by atoms with Crippen LogP contribution in [0.4, 0.5) is 0 Å². The minimum absolute atomic E-state index is 0.0191. The maximum Gasteiger partial charge on any atom is 0.137 e. The fourth-order valence-corrected chi connectivity index (χ4v) is 9.99. The summed E-state index contributed by atoms with van der Waals surface area (Å²) in [5, 5.41) is 7.06.